The fraction of sp³-hybridized carbons (Fsp3) is 0.481. The van der Waals surface area contributed by atoms with E-state index >= 15 is 0 Å². The lowest BCUT2D eigenvalue weighted by Crippen LogP contribution is -2.43. The molecule has 38 heavy (non-hydrogen) atoms. The van der Waals surface area contributed by atoms with E-state index in [2.05, 4.69) is 10.3 Å². The Balaban J connectivity index is 1.84. The zero-order valence-electron chi connectivity index (χ0n) is 22.9. The number of nitrogens with zero attached hydrogens (tertiary/aromatic N) is 2. The lowest BCUT2D eigenvalue weighted by molar-refractivity contribution is -0.392. The Kier molecular flexibility index (Phi) is 12.2. The number of carbonyl (C=O) groups is 3. The minimum absolute atomic E-state index is 0.0567. The Bertz CT molecular complexity index is 1060. The van der Waals surface area contributed by atoms with Crippen LogP contribution in [-0.4, -0.2) is 57.3 Å². The van der Waals surface area contributed by atoms with E-state index in [4.69, 9.17) is 15.4 Å². The number of aromatic nitrogens is 1. The molecular formula is C27H38N4O5S2. The first-order valence-electron chi connectivity index (χ1n) is 12.3. The minimum Gasteiger partial charge on any atom is -0.352 e. The van der Waals surface area contributed by atoms with E-state index in [0.717, 1.165) is 10.3 Å². The van der Waals surface area contributed by atoms with Gasteiger partial charge in [-0.05, 0) is 89.1 Å². The van der Waals surface area contributed by atoms with Crippen molar-refractivity contribution < 1.29 is 24.1 Å². The first kappa shape index (κ1) is 31.8. The predicted molar refractivity (Wildman–Crippen MR) is 151 cm³/mol. The smallest absolute Gasteiger partial charge is 0.304 e. The zero-order valence-corrected chi connectivity index (χ0v) is 24.5. The van der Waals surface area contributed by atoms with Gasteiger partial charge in [0, 0.05) is 36.0 Å². The van der Waals surface area contributed by atoms with Crippen LogP contribution in [0.1, 0.15) is 75.1 Å². The van der Waals surface area contributed by atoms with Gasteiger partial charge in [-0.2, -0.15) is 0 Å². The van der Waals surface area contributed by atoms with Crippen molar-refractivity contribution >= 4 is 39.2 Å². The quantitative estimate of drug-likeness (QED) is 0.201. The van der Waals surface area contributed by atoms with E-state index in [1.807, 2.05) is 18.2 Å². The number of hydroxylamine groups is 2. The van der Waals surface area contributed by atoms with Crippen molar-refractivity contribution in [1.29, 1.82) is 0 Å². The van der Waals surface area contributed by atoms with E-state index < -0.39 is 23.2 Å². The molecular weight excluding hydrogens is 524 g/mol. The van der Waals surface area contributed by atoms with Gasteiger partial charge in [0.05, 0.1) is 17.2 Å². The van der Waals surface area contributed by atoms with E-state index in [-0.39, 0.29) is 23.7 Å². The molecule has 2 rings (SSSR count). The van der Waals surface area contributed by atoms with Crippen LogP contribution in [0.4, 0.5) is 0 Å². The molecule has 2 aromatic rings. The SMILES string of the molecule is CC(C)(C)ON(OC(C)(C)C)C(=O)c1cccc(C(=O)NCCCC(=O)C(N)CSSc2ccccn2)c1. The van der Waals surface area contributed by atoms with Crippen molar-refractivity contribution in [2.24, 2.45) is 5.73 Å². The number of carbonyl (C=O) groups excluding carboxylic acids is 3. The number of hydrogen-bond donors (Lipinski definition) is 2. The van der Waals surface area contributed by atoms with Crippen molar-refractivity contribution in [3.63, 3.8) is 0 Å². The number of benzene rings is 1. The van der Waals surface area contributed by atoms with Crippen molar-refractivity contribution in [3.05, 3.63) is 59.8 Å². The molecule has 9 nitrogen and oxygen atoms in total. The van der Waals surface area contributed by atoms with Crippen LogP contribution < -0.4 is 11.1 Å². The summed E-state index contributed by atoms with van der Waals surface area (Å²) in [5.74, 6) is -0.456. The Labute approximate surface area is 232 Å². The number of Topliss-reactive ketones (excluding diaryl/α,β-unsaturated/α-hetero) is 1. The Morgan fingerprint density at radius 1 is 1.00 bits per heavy atom. The highest BCUT2D eigenvalue weighted by molar-refractivity contribution is 8.76. The summed E-state index contributed by atoms with van der Waals surface area (Å²) in [6, 6.07) is 11.4. The molecule has 208 valence electrons. The van der Waals surface area contributed by atoms with Crippen LogP contribution >= 0.6 is 21.6 Å². The van der Waals surface area contributed by atoms with E-state index in [1.165, 1.54) is 27.7 Å². The Morgan fingerprint density at radius 3 is 2.26 bits per heavy atom. The standard InChI is InChI=1S/C27H38N4O5S2/c1-26(2,3)35-31(36-27(4,5)6)25(34)20-12-9-11-19(17-20)24(33)30-16-10-13-22(32)21(28)18-37-38-23-14-7-8-15-29-23/h7-9,11-12,14-15,17,21H,10,13,16,18,28H2,1-6H3,(H,30,33). The van der Waals surface area contributed by atoms with Gasteiger partial charge in [-0.3, -0.25) is 14.4 Å². The van der Waals surface area contributed by atoms with Gasteiger partial charge in [0.1, 0.15) is 10.8 Å². The van der Waals surface area contributed by atoms with Crippen molar-refractivity contribution in [2.45, 2.75) is 76.7 Å². The molecule has 0 fully saturated rings. The molecule has 0 radical (unpaired) electrons. The predicted octanol–water partition coefficient (Wildman–Crippen LogP) is 4.83. The fourth-order valence-electron chi connectivity index (χ4n) is 2.91. The van der Waals surface area contributed by atoms with Gasteiger partial charge in [0.25, 0.3) is 5.91 Å². The highest BCUT2D eigenvalue weighted by atomic mass is 33.1. The topological polar surface area (TPSA) is 124 Å². The second-order valence-electron chi connectivity index (χ2n) is 10.5. The Morgan fingerprint density at radius 2 is 1.66 bits per heavy atom. The van der Waals surface area contributed by atoms with Crippen LogP contribution in [0.15, 0.2) is 53.7 Å². The lowest BCUT2D eigenvalue weighted by Gasteiger charge is -2.33. The first-order valence-corrected chi connectivity index (χ1v) is 14.7. The molecule has 0 spiro atoms. The molecule has 0 aliphatic carbocycles. The summed E-state index contributed by atoms with van der Waals surface area (Å²) >= 11 is 0. The van der Waals surface area contributed by atoms with Crippen LogP contribution in [-0.2, 0) is 14.5 Å². The first-order chi connectivity index (χ1) is 17.7. The van der Waals surface area contributed by atoms with Crippen LogP contribution in [0.25, 0.3) is 0 Å². The van der Waals surface area contributed by atoms with Crippen molar-refractivity contribution in [2.75, 3.05) is 12.3 Å². The largest absolute Gasteiger partial charge is 0.352 e. The van der Waals surface area contributed by atoms with Crippen LogP contribution in [0.3, 0.4) is 0 Å². The van der Waals surface area contributed by atoms with E-state index in [1.54, 1.807) is 65.9 Å². The normalized spacial score (nSPS) is 12.6. The van der Waals surface area contributed by atoms with Crippen molar-refractivity contribution in [1.82, 2.24) is 15.5 Å². The maximum atomic E-state index is 13.1. The fourth-order valence-corrected chi connectivity index (χ4v) is 4.97. The third-order valence-corrected chi connectivity index (χ3v) is 6.88. The second kappa shape index (κ2) is 14.6. The third-order valence-electron chi connectivity index (χ3n) is 4.58. The maximum Gasteiger partial charge on any atom is 0.304 e. The number of hydrogen-bond acceptors (Lipinski definition) is 9. The third kappa shape index (κ3) is 12.0. The molecule has 1 aromatic carbocycles. The Hall–Kier alpha value is -2.44. The van der Waals surface area contributed by atoms with Crippen LogP contribution in [0, 0.1) is 0 Å². The minimum atomic E-state index is -0.674. The number of pyridine rings is 1. The molecule has 0 bridgehead atoms. The molecule has 0 saturated carbocycles. The number of amides is 2. The van der Waals surface area contributed by atoms with Crippen LogP contribution in [0.2, 0.25) is 0 Å². The van der Waals surface area contributed by atoms with Gasteiger partial charge >= 0.3 is 5.91 Å². The van der Waals surface area contributed by atoms with Gasteiger partial charge in [0.2, 0.25) is 0 Å². The number of ketones is 1. The zero-order chi connectivity index (χ0) is 28.3. The van der Waals surface area contributed by atoms with E-state index in [9.17, 15) is 14.4 Å². The molecule has 2 amide bonds. The monoisotopic (exact) mass is 562 g/mol. The lowest BCUT2D eigenvalue weighted by atomic mass is 10.1. The summed E-state index contributed by atoms with van der Waals surface area (Å²) in [5.41, 5.74) is 5.22. The number of nitrogens with one attached hydrogen (secondary N) is 1. The number of rotatable bonds is 13. The molecule has 1 atom stereocenters. The average Bonchev–Trinajstić information content (AvgIpc) is 2.84. The summed E-state index contributed by atoms with van der Waals surface area (Å²) < 4.78 is 0. The maximum absolute atomic E-state index is 13.1. The molecule has 0 saturated heterocycles. The van der Waals surface area contributed by atoms with Gasteiger partial charge in [-0.15, -0.1) is 0 Å². The van der Waals surface area contributed by atoms with Gasteiger partial charge in [-0.25, -0.2) is 14.7 Å². The van der Waals surface area contributed by atoms with E-state index in [0.29, 0.717) is 24.3 Å². The average molecular weight is 563 g/mol. The van der Waals surface area contributed by atoms with Gasteiger partial charge in [0.15, 0.2) is 0 Å². The summed E-state index contributed by atoms with van der Waals surface area (Å²) in [7, 11) is 2.96. The molecule has 0 aliphatic heterocycles. The van der Waals surface area contributed by atoms with Gasteiger partial charge in [-0.1, -0.05) is 28.2 Å². The molecule has 11 heteroatoms. The molecule has 1 aromatic heterocycles. The summed E-state index contributed by atoms with van der Waals surface area (Å²) in [5, 5.41) is 4.53. The van der Waals surface area contributed by atoms with Crippen LogP contribution in [0.5, 0.6) is 0 Å². The van der Waals surface area contributed by atoms with Crippen molar-refractivity contribution in [3.8, 4) is 0 Å². The molecule has 1 unspecified atom stereocenters. The molecule has 3 N–H and O–H groups in total. The highest BCUT2D eigenvalue weighted by Crippen LogP contribution is 2.29. The number of nitrogens with two attached hydrogens (primary N) is 1. The molecule has 0 aliphatic rings. The molecule has 1 heterocycles. The second-order valence-corrected chi connectivity index (χ2v) is 12.9. The highest BCUT2D eigenvalue weighted by Gasteiger charge is 2.29. The summed E-state index contributed by atoms with van der Waals surface area (Å²) in [6.07, 6.45) is 2.44. The summed E-state index contributed by atoms with van der Waals surface area (Å²) in [4.78, 5) is 53.8. The van der Waals surface area contributed by atoms with Gasteiger partial charge < -0.3 is 11.1 Å². The summed E-state index contributed by atoms with van der Waals surface area (Å²) in [6.45, 7) is 11.1.